The molecule has 104 valence electrons. The van der Waals surface area contributed by atoms with Gasteiger partial charge >= 0.3 is 0 Å². The van der Waals surface area contributed by atoms with Crippen LogP contribution in [-0.4, -0.2) is 10.9 Å². The molecule has 0 bridgehead atoms. The van der Waals surface area contributed by atoms with Crippen LogP contribution in [0.1, 0.15) is 10.5 Å². The minimum atomic E-state index is -1.39. The number of amides is 1. The number of anilines is 2. The van der Waals surface area contributed by atoms with E-state index in [0.717, 1.165) is 0 Å². The molecule has 1 amide bonds. The highest BCUT2D eigenvalue weighted by Gasteiger charge is 2.15. The summed E-state index contributed by atoms with van der Waals surface area (Å²) in [6.45, 7) is 0. The van der Waals surface area contributed by atoms with Crippen molar-refractivity contribution in [2.45, 2.75) is 0 Å². The highest BCUT2D eigenvalue weighted by Crippen LogP contribution is 2.19. The normalized spacial score (nSPS) is 10.2. The molecule has 0 fully saturated rings. The summed E-state index contributed by atoms with van der Waals surface area (Å²) in [5.41, 5.74) is 2.11. The van der Waals surface area contributed by atoms with E-state index in [2.05, 4.69) is 10.4 Å². The first-order chi connectivity index (χ1) is 9.51. The molecule has 2 rings (SSSR count). The Morgan fingerprint density at radius 3 is 2.55 bits per heavy atom. The molecule has 1 aromatic heterocycles. The summed E-state index contributed by atoms with van der Waals surface area (Å²) in [6, 6.07) is 3.83. The van der Waals surface area contributed by atoms with Gasteiger partial charge in [0.1, 0.15) is 11.5 Å². The van der Waals surface area contributed by atoms with E-state index in [1.807, 2.05) is 5.32 Å². The number of nitrogens with one attached hydrogen (secondary N) is 2. The van der Waals surface area contributed by atoms with Gasteiger partial charge in [-0.25, -0.2) is 18.2 Å². The smallest absolute Gasteiger partial charge is 0.274 e. The third kappa shape index (κ3) is 2.86. The summed E-state index contributed by atoms with van der Waals surface area (Å²) in [7, 11) is 0. The lowest BCUT2D eigenvalue weighted by atomic mass is 10.2. The predicted molar refractivity (Wildman–Crippen MR) is 66.3 cm³/mol. The van der Waals surface area contributed by atoms with Crippen LogP contribution in [0, 0.1) is 17.5 Å². The van der Waals surface area contributed by atoms with Crippen molar-refractivity contribution in [3.8, 4) is 0 Å². The monoisotopic (exact) mass is 282 g/mol. The van der Waals surface area contributed by atoms with E-state index in [0.29, 0.717) is 17.8 Å². The fourth-order valence-corrected chi connectivity index (χ4v) is 1.45. The molecule has 8 heteroatoms. The number of hydrazine groups is 1. The molecular formula is C12H9F3N4O. The Kier molecular flexibility index (Phi) is 3.85. The second-order valence-corrected chi connectivity index (χ2v) is 3.78. The Morgan fingerprint density at radius 1 is 1.20 bits per heavy atom. The molecular weight excluding hydrogens is 273 g/mol. The van der Waals surface area contributed by atoms with Crippen LogP contribution in [0.15, 0.2) is 30.5 Å². The number of nitrogens with zero attached hydrogens (tertiary/aromatic N) is 1. The van der Waals surface area contributed by atoms with Gasteiger partial charge in [-0.05, 0) is 12.1 Å². The Morgan fingerprint density at radius 2 is 1.95 bits per heavy atom. The molecule has 0 saturated heterocycles. The lowest BCUT2D eigenvalue weighted by molar-refractivity contribution is 0.102. The number of hydrogen-bond acceptors (Lipinski definition) is 4. The van der Waals surface area contributed by atoms with Crippen LogP contribution in [0.4, 0.5) is 24.5 Å². The predicted octanol–water partition coefficient (Wildman–Crippen LogP) is 2.04. The molecule has 0 spiro atoms. The van der Waals surface area contributed by atoms with Gasteiger partial charge < -0.3 is 10.7 Å². The number of rotatable bonds is 3. The van der Waals surface area contributed by atoms with Crippen molar-refractivity contribution in [2.75, 3.05) is 10.7 Å². The van der Waals surface area contributed by atoms with Crippen molar-refractivity contribution in [3.63, 3.8) is 0 Å². The van der Waals surface area contributed by atoms with Gasteiger partial charge in [0.2, 0.25) is 0 Å². The molecule has 2 aromatic rings. The highest BCUT2D eigenvalue weighted by atomic mass is 19.2. The molecule has 0 saturated carbocycles. The summed E-state index contributed by atoms with van der Waals surface area (Å²) in [5.74, 6) is 0.577. The second-order valence-electron chi connectivity index (χ2n) is 3.78. The number of pyridine rings is 1. The summed E-state index contributed by atoms with van der Waals surface area (Å²) < 4.78 is 39.3. The fraction of sp³-hybridized carbons (Fsp3) is 0. The number of halogens is 3. The average molecular weight is 282 g/mol. The fourth-order valence-electron chi connectivity index (χ4n) is 1.45. The van der Waals surface area contributed by atoms with Gasteiger partial charge in [0.05, 0.1) is 17.6 Å². The topological polar surface area (TPSA) is 80.0 Å². The van der Waals surface area contributed by atoms with E-state index in [1.165, 1.54) is 18.3 Å². The number of carbonyl (C=O) groups excluding carboxylic acids is 1. The summed E-state index contributed by atoms with van der Waals surface area (Å²) in [4.78, 5) is 15.5. The molecule has 0 radical (unpaired) electrons. The van der Waals surface area contributed by atoms with Crippen molar-refractivity contribution in [3.05, 3.63) is 53.6 Å². The third-order valence-electron chi connectivity index (χ3n) is 2.40. The maximum atomic E-state index is 13.4. The molecule has 0 aliphatic carbocycles. The minimum absolute atomic E-state index is 0.0620. The first kappa shape index (κ1) is 13.8. The lowest BCUT2D eigenvalue weighted by Crippen LogP contribution is -2.16. The second kappa shape index (κ2) is 5.57. The molecule has 5 nitrogen and oxygen atoms in total. The van der Waals surface area contributed by atoms with Crippen molar-refractivity contribution in [2.24, 2.45) is 5.84 Å². The number of nitrogen functional groups attached to an aromatic ring is 1. The van der Waals surface area contributed by atoms with E-state index < -0.39 is 29.0 Å². The highest BCUT2D eigenvalue weighted by molar-refractivity contribution is 6.03. The number of hydrogen-bond donors (Lipinski definition) is 3. The van der Waals surface area contributed by atoms with Crippen LogP contribution in [0.2, 0.25) is 0 Å². The van der Waals surface area contributed by atoms with Gasteiger partial charge in [-0.3, -0.25) is 10.6 Å². The van der Waals surface area contributed by atoms with Gasteiger partial charge in [0, 0.05) is 12.1 Å². The van der Waals surface area contributed by atoms with Crippen molar-refractivity contribution in [1.82, 2.24) is 4.98 Å². The maximum Gasteiger partial charge on any atom is 0.274 e. The van der Waals surface area contributed by atoms with Gasteiger partial charge in [0.15, 0.2) is 11.6 Å². The molecule has 0 aliphatic rings. The lowest BCUT2D eigenvalue weighted by Gasteiger charge is -2.07. The van der Waals surface area contributed by atoms with Crippen LogP contribution < -0.4 is 16.6 Å². The Bertz CT molecular complexity index is 646. The van der Waals surface area contributed by atoms with Crippen molar-refractivity contribution >= 4 is 17.3 Å². The van der Waals surface area contributed by atoms with Crippen LogP contribution in [0.5, 0.6) is 0 Å². The SMILES string of the molecule is NNc1ccc(C(=O)Nc2cc(F)cc(F)c2F)nc1. The van der Waals surface area contributed by atoms with Gasteiger partial charge in [-0.2, -0.15) is 0 Å². The molecule has 1 heterocycles. The minimum Gasteiger partial charge on any atom is -0.323 e. The van der Waals surface area contributed by atoms with Crippen LogP contribution in [0.25, 0.3) is 0 Å². The molecule has 20 heavy (non-hydrogen) atoms. The van der Waals surface area contributed by atoms with E-state index in [4.69, 9.17) is 5.84 Å². The number of nitrogens with two attached hydrogens (primary N) is 1. The number of benzene rings is 1. The summed E-state index contributed by atoms with van der Waals surface area (Å²) in [5, 5.41) is 2.04. The zero-order chi connectivity index (χ0) is 14.7. The number of aromatic nitrogens is 1. The summed E-state index contributed by atoms with van der Waals surface area (Å²) in [6.07, 6.45) is 1.28. The molecule has 0 aliphatic heterocycles. The van der Waals surface area contributed by atoms with Crippen LogP contribution in [-0.2, 0) is 0 Å². The van der Waals surface area contributed by atoms with Crippen LogP contribution in [0.3, 0.4) is 0 Å². The van der Waals surface area contributed by atoms with Crippen molar-refractivity contribution < 1.29 is 18.0 Å². The van der Waals surface area contributed by atoms with Crippen molar-refractivity contribution in [1.29, 1.82) is 0 Å². The molecule has 1 aromatic carbocycles. The molecule has 0 unspecified atom stereocenters. The first-order valence-electron chi connectivity index (χ1n) is 5.40. The van der Waals surface area contributed by atoms with E-state index in [1.54, 1.807) is 0 Å². The van der Waals surface area contributed by atoms with Gasteiger partial charge in [-0.1, -0.05) is 0 Å². The van der Waals surface area contributed by atoms with Gasteiger partial charge in [-0.15, -0.1) is 0 Å². The third-order valence-corrected chi connectivity index (χ3v) is 2.40. The molecule has 0 atom stereocenters. The van der Waals surface area contributed by atoms with E-state index in [-0.39, 0.29) is 5.69 Å². The zero-order valence-corrected chi connectivity index (χ0v) is 9.95. The Balaban J connectivity index is 2.23. The van der Waals surface area contributed by atoms with E-state index >= 15 is 0 Å². The van der Waals surface area contributed by atoms with E-state index in [9.17, 15) is 18.0 Å². The first-order valence-corrected chi connectivity index (χ1v) is 5.40. The largest absolute Gasteiger partial charge is 0.323 e. The van der Waals surface area contributed by atoms with Gasteiger partial charge in [0.25, 0.3) is 5.91 Å². The number of carbonyl (C=O) groups is 1. The summed E-state index contributed by atoms with van der Waals surface area (Å²) >= 11 is 0. The Hall–Kier alpha value is -2.61. The zero-order valence-electron chi connectivity index (χ0n) is 9.95. The quantitative estimate of drug-likeness (QED) is 0.457. The molecule has 4 N–H and O–H groups in total. The standard InChI is InChI=1S/C12H9F3N4O/c13-6-3-8(14)11(15)10(4-6)18-12(20)9-2-1-7(19-16)5-17-9/h1-5,19H,16H2,(H,18,20). The van der Waals surface area contributed by atoms with Crippen LogP contribution >= 0.6 is 0 Å². The average Bonchev–Trinajstić information content (AvgIpc) is 2.44. The Labute approximate surface area is 111 Å². The maximum absolute atomic E-state index is 13.4.